The zero-order valence-electron chi connectivity index (χ0n) is 13.1. The lowest BCUT2D eigenvalue weighted by Gasteiger charge is -2.16. The number of fused-ring (bicyclic) bond motifs is 1. The first kappa shape index (κ1) is 15.3. The van der Waals surface area contributed by atoms with Crippen LogP contribution in [0, 0.1) is 0 Å². The van der Waals surface area contributed by atoms with Gasteiger partial charge in [0, 0.05) is 11.3 Å². The van der Waals surface area contributed by atoms with Crippen LogP contribution in [0.3, 0.4) is 0 Å². The summed E-state index contributed by atoms with van der Waals surface area (Å²) in [5.41, 5.74) is 4.26. The number of hydrogen-bond donors (Lipinski definition) is 1. The summed E-state index contributed by atoms with van der Waals surface area (Å²) in [6.07, 6.45) is 4.53. The molecular weight excluding hydrogens is 290 g/mol. The van der Waals surface area contributed by atoms with Crippen molar-refractivity contribution in [2.45, 2.75) is 25.7 Å². The van der Waals surface area contributed by atoms with Crippen LogP contribution < -0.4 is 5.32 Å². The molecule has 0 atom stereocenters. The number of amides is 1. The Morgan fingerprint density at radius 3 is 2.52 bits per heavy atom. The van der Waals surface area contributed by atoms with Crippen LogP contribution in [0.1, 0.15) is 44.7 Å². The standard InChI is InChI=1S/C19H19NO3/c1-23-19(22)16-7-4-8-17(12-16)20-18(21)15-10-9-13-5-2-3-6-14(13)11-15/h4,7-12H,2-3,5-6H2,1H3,(H,20,21). The molecule has 2 aromatic rings. The van der Waals surface area contributed by atoms with Gasteiger partial charge in [0.1, 0.15) is 0 Å². The van der Waals surface area contributed by atoms with Gasteiger partial charge in [0.25, 0.3) is 5.91 Å². The predicted octanol–water partition coefficient (Wildman–Crippen LogP) is 3.60. The van der Waals surface area contributed by atoms with E-state index in [9.17, 15) is 9.59 Å². The molecule has 2 aromatic carbocycles. The number of methoxy groups -OCH3 is 1. The summed E-state index contributed by atoms with van der Waals surface area (Å²) in [6.45, 7) is 0. The third-order valence-corrected chi connectivity index (χ3v) is 4.15. The van der Waals surface area contributed by atoms with Crippen LogP contribution in [-0.4, -0.2) is 19.0 Å². The molecule has 0 radical (unpaired) electrons. The molecule has 1 N–H and O–H groups in total. The van der Waals surface area contributed by atoms with Gasteiger partial charge in [0.15, 0.2) is 0 Å². The molecule has 1 aliphatic rings. The van der Waals surface area contributed by atoms with Gasteiger partial charge in [-0.05, 0) is 67.1 Å². The summed E-state index contributed by atoms with van der Waals surface area (Å²) in [7, 11) is 1.33. The van der Waals surface area contributed by atoms with Crippen LogP contribution in [0.2, 0.25) is 0 Å². The molecule has 1 aliphatic carbocycles. The maximum Gasteiger partial charge on any atom is 0.337 e. The minimum absolute atomic E-state index is 0.166. The van der Waals surface area contributed by atoms with Crippen molar-refractivity contribution >= 4 is 17.6 Å². The Morgan fingerprint density at radius 1 is 0.957 bits per heavy atom. The minimum Gasteiger partial charge on any atom is -0.465 e. The fourth-order valence-electron chi connectivity index (χ4n) is 2.92. The molecule has 0 heterocycles. The highest BCUT2D eigenvalue weighted by atomic mass is 16.5. The molecule has 23 heavy (non-hydrogen) atoms. The van der Waals surface area contributed by atoms with Gasteiger partial charge in [-0.2, -0.15) is 0 Å². The number of rotatable bonds is 3. The van der Waals surface area contributed by atoms with Crippen LogP contribution in [-0.2, 0) is 17.6 Å². The van der Waals surface area contributed by atoms with E-state index in [0.29, 0.717) is 16.8 Å². The maximum atomic E-state index is 12.4. The first-order chi connectivity index (χ1) is 11.2. The van der Waals surface area contributed by atoms with E-state index >= 15 is 0 Å². The highest BCUT2D eigenvalue weighted by molar-refractivity contribution is 6.05. The quantitative estimate of drug-likeness (QED) is 0.881. The molecule has 0 saturated carbocycles. The molecule has 1 amide bonds. The highest BCUT2D eigenvalue weighted by Gasteiger charge is 2.13. The van der Waals surface area contributed by atoms with Crippen LogP contribution in [0.15, 0.2) is 42.5 Å². The third-order valence-electron chi connectivity index (χ3n) is 4.15. The first-order valence-electron chi connectivity index (χ1n) is 7.79. The third kappa shape index (κ3) is 3.42. The lowest BCUT2D eigenvalue weighted by Crippen LogP contribution is -2.14. The minimum atomic E-state index is -0.421. The van der Waals surface area contributed by atoms with E-state index in [0.717, 1.165) is 12.8 Å². The molecule has 3 rings (SSSR count). The molecule has 4 nitrogen and oxygen atoms in total. The van der Waals surface area contributed by atoms with E-state index in [2.05, 4.69) is 5.32 Å². The fraction of sp³-hybridized carbons (Fsp3) is 0.263. The largest absolute Gasteiger partial charge is 0.465 e. The molecule has 0 aromatic heterocycles. The van der Waals surface area contributed by atoms with Crippen LogP contribution in [0.5, 0.6) is 0 Å². The number of hydrogen-bond acceptors (Lipinski definition) is 3. The van der Waals surface area contributed by atoms with Crippen molar-refractivity contribution in [2.75, 3.05) is 12.4 Å². The number of carbonyl (C=O) groups is 2. The van der Waals surface area contributed by atoms with Gasteiger partial charge in [0.2, 0.25) is 0 Å². The number of anilines is 1. The van der Waals surface area contributed by atoms with E-state index in [1.807, 2.05) is 18.2 Å². The van der Waals surface area contributed by atoms with Gasteiger partial charge in [-0.15, -0.1) is 0 Å². The van der Waals surface area contributed by atoms with Gasteiger partial charge in [-0.25, -0.2) is 4.79 Å². The van der Waals surface area contributed by atoms with E-state index in [4.69, 9.17) is 4.74 Å². The number of benzene rings is 2. The van der Waals surface area contributed by atoms with Crippen molar-refractivity contribution in [3.8, 4) is 0 Å². The smallest absolute Gasteiger partial charge is 0.337 e. The monoisotopic (exact) mass is 309 g/mol. The Kier molecular flexibility index (Phi) is 4.42. The molecule has 118 valence electrons. The van der Waals surface area contributed by atoms with Crippen molar-refractivity contribution in [3.05, 3.63) is 64.7 Å². The second kappa shape index (κ2) is 6.65. The lowest BCUT2D eigenvalue weighted by atomic mass is 9.90. The maximum absolute atomic E-state index is 12.4. The van der Waals surface area contributed by atoms with Crippen LogP contribution in [0.4, 0.5) is 5.69 Å². The Morgan fingerprint density at radius 2 is 1.74 bits per heavy atom. The van der Waals surface area contributed by atoms with E-state index in [1.54, 1.807) is 24.3 Å². The van der Waals surface area contributed by atoms with Crippen molar-refractivity contribution in [2.24, 2.45) is 0 Å². The lowest BCUT2D eigenvalue weighted by molar-refractivity contribution is 0.0600. The zero-order chi connectivity index (χ0) is 16.2. The van der Waals surface area contributed by atoms with Gasteiger partial charge in [0.05, 0.1) is 12.7 Å². The van der Waals surface area contributed by atoms with E-state index < -0.39 is 5.97 Å². The average molecular weight is 309 g/mol. The molecule has 0 saturated heterocycles. The van der Waals surface area contributed by atoms with Crippen molar-refractivity contribution in [1.82, 2.24) is 0 Å². The van der Waals surface area contributed by atoms with Gasteiger partial charge < -0.3 is 10.1 Å². The molecular formula is C19H19NO3. The molecule has 0 unspecified atom stereocenters. The van der Waals surface area contributed by atoms with Gasteiger partial charge in [-0.1, -0.05) is 12.1 Å². The van der Waals surface area contributed by atoms with Crippen molar-refractivity contribution < 1.29 is 14.3 Å². The number of nitrogens with one attached hydrogen (secondary N) is 1. The number of esters is 1. The Labute approximate surface area is 135 Å². The summed E-state index contributed by atoms with van der Waals surface area (Å²) in [5, 5.41) is 2.84. The van der Waals surface area contributed by atoms with Crippen LogP contribution in [0.25, 0.3) is 0 Å². The Bertz CT molecular complexity index is 752. The average Bonchev–Trinajstić information content (AvgIpc) is 2.60. The molecule has 0 fully saturated rings. The van der Waals surface area contributed by atoms with Crippen LogP contribution >= 0.6 is 0 Å². The van der Waals surface area contributed by atoms with Gasteiger partial charge >= 0.3 is 5.97 Å². The van der Waals surface area contributed by atoms with E-state index in [1.165, 1.54) is 31.1 Å². The number of aryl methyl sites for hydroxylation is 2. The van der Waals surface area contributed by atoms with E-state index in [-0.39, 0.29) is 5.91 Å². The predicted molar refractivity (Wildman–Crippen MR) is 88.8 cm³/mol. The highest BCUT2D eigenvalue weighted by Crippen LogP contribution is 2.23. The van der Waals surface area contributed by atoms with Crippen molar-refractivity contribution in [3.63, 3.8) is 0 Å². The zero-order valence-corrected chi connectivity index (χ0v) is 13.1. The Balaban J connectivity index is 1.78. The summed E-state index contributed by atoms with van der Waals surface area (Å²) in [6, 6.07) is 12.6. The summed E-state index contributed by atoms with van der Waals surface area (Å²) in [5.74, 6) is -0.588. The number of carbonyl (C=O) groups excluding carboxylic acids is 2. The Hall–Kier alpha value is -2.62. The number of ether oxygens (including phenoxy) is 1. The summed E-state index contributed by atoms with van der Waals surface area (Å²) >= 11 is 0. The second-order valence-electron chi connectivity index (χ2n) is 5.72. The topological polar surface area (TPSA) is 55.4 Å². The normalized spacial score (nSPS) is 13.1. The van der Waals surface area contributed by atoms with Gasteiger partial charge in [-0.3, -0.25) is 4.79 Å². The summed E-state index contributed by atoms with van der Waals surface area (Å²) in [4.78, 5) is 24.0. The molecule has 0 bridgehead atoms. The molecule has 0 spiro atoms. The SMILES string of the molecule is COC(=O)c1cccc(NC(=O)c2ccc3c(c2)CCCC3)c1. The molecule has 4 heteroatoms. The summed E-state index contributed by atoms with van der Waals surface area (Å²) < 4.78 is 4.69. The second-order valence-corrected chi connectivity index (χ2v) is 5.72. The molecule has 0 aliphatic heterocycles. The fourth-order valence-corrected chi connectivity index (χ4v) is 2.92. The van der Waals surface area contributed by atoms with Crippen molar-refractivity contribution in [1.29, 1.82) is 0 Å². The first-order valence-corrected chi connectivity index (χ1v) is 7.79.